The van der Waals surface area contributed by atoms with E-state index in [0.717, 1.165) is 12.3 Å². The highest BCUT2D eigenvalue weighted by Crippen LogP contribution is 2.30. The van der Waals surface area contributed by atoms with E-state index in [9.17, 15) is 34.5 Å². The van der Waals surface area contributed by atoms with E-state index in [1.54, 1.807) is 29.7 Å². The summed E-state index contributed by atoms with van der Waals surface area (Å²) in [6.07, 6.45) is 1.03. The molecule has 14 heteroatoms. The van der Waals surface area contributed by atoms with Gasteiger partial charge in [-0.25, -0.2) is 13.6 Å². The normalized spacial score (nSPS) is 17.9. The number of nitrogens with zero attached hydrogens (tertiary/aromatic N) is 5. The average molecular weight is 614 g/mol. The maximum atomic E-state index is 15.8. The predicted molar refractivity (Wildman–Crippen MR) is 158 cm³/mol. The maximum Gasteiger partial charge on any atom is 0.341 e. The average Bonchev–Trinajstić information content (AvgIpc) is 3.00. The Morgan fingerprint density at radius 2 is 1.25 bits per heavy atom. The van der Waals surface area contributed by atoms with Crippen LogP contribution in [0.2, 0.25) is 0 Å². The van der Waals surface area contributed by atoms with Gasteiger partial charge in [0.2, 0.25) is 5.43 Å². The van der Waals surface area contributed by atoms with Crippen LogP contribution in [0.1, 0.15) is 24.2 Å². The summed E-state index contributed by atoms with van der Waals surface area (Å²) in [7, 11) is 0. The molecule has 3 N–H and O–H groups in total. The first kappa shape index (κ1) is 30.9. The molecule has 0 radical (unpaired) electrons. The Kier molecular flexibility index (Phi) is 8.57. The first-order valence-corrected chi connectivity index (χ1v) is 14.2. The number of anilines is 2. The van der Waals surface area contributed by atoms with Gasteiger partial charge in [-0.1, -0.05) is 0 Å². The number of rotatable bonds is 8. The molecule has 2 aliphatic rings. The molecule has 2 aromatic carbocycles. The number of carboxylic acid groups (broad SMARTS) is 3. The third-order valence-electron chi connectivity index (χ3n) is 8.64. The largest absolute Gasteiger partial charge is 0.480 e. The lowest BCUT2D eigenvalue weighted by Crippen LogP contribution is -2.52. The topological polar surface area (TPSA) is 147 Å². The zero-order valence-corrected chi connectivity index (χ0v) is 24.2. The third kappa shape index (κ3) is 5.82. The standard InChI is InChI=1S/C30H33F2N5O7/c1-17(28(39)40)33-5-9-35(10-6-33)19-3-4-24(22(31)13-19)37-16-21(30(43)44)27(38)20-14-23(32)26(15-25(20)37)36-11-7-34(8-12-36)18(2)29(41)42/h3-4,13-18H,5-12H2,1-2H3,(H,39,40)(H,41,42)(H,43,44). The fourth-order valence-electron chi connectivity index (χ4n) is 5.85. The van der Waals surface area contributed by atoms with Gasteiger partial charge in [0.05, 0.1) is 16.9 Å². The molecule has 0 spiro atoms. The fourth-order valence-corrected chi connectivity index (χ4v) is 5.85. The number of hydrogen-bond donors (Lipinski definition) is 3. The van der Waals surface area contributed by atoms with E-state index in [-0.39, 0.29) is 22.3 Å². The zero-order chi connectivity index (χ0) is 31.9. The molecule has 0 saturated carbocycles. The highest BCUT2D eigenvalue weighted by atomic mass is 19.1. The molecular formula is C30H33F2N5O7. The van der Waals surface area contributed by atoms with Crippen molar-refractivity contribution >= 4 is 40.2 Å². The van der Waals surface area contributed by atoms with E-state index in [2.05, 4.69) is 0 Å². The Morgan fingerprint density at radius 1 is 0.727 bits per heavy atom. The van der Waals surface area contributed by atoms with Gasteiger partial charge in [0.25, 0.3) is 0 Å². The first-order valence-electron chi connectivity index (χ1n) is 14.2. The molecule has 234 valence electrons. The van der Waals surface area contributed by atoms with Gasteiger partial charge >= 0.3 is 17.9 Å². The minimum atomic E-state index is -1.54. The van der Waals surface area contributed by atoms with Crippen LogP contribution in [0.25, 0.3) is 16.6 Å². The molecule has 2 fully saturated rings. The molecule has 0 aliphatic carbocycles. The molecule has 3 aromatic rings. The second kappa shape index (κ2) is 12.2. The predicted octanol–water partition coefficient (Wildman–Crippen LogP) is 2.16. The molecule has 0 amide bonds. The van der Waals surface area contributed by atoms with Gasteiger partial charge in [-0.2, -0.15) is 0 Å². The summed E-state index contributed by atoms with van der Waals surface area (Å²) in [5.41, 5.74) is -0.801. The Morgan fingerprint density at radius 3 is 1.75 bits per heavy atom. The molecule has 2 saturated heterocycles. The van der Waals surface area contributed by atoms with Gasteiger partial charge in [-0.05, 0) is 44.2 Å². The van der Waals surface area contributed by atoms with Crippen LogP contribution in [0, 0.1) is 11.6 Å². The van der Waals surface area contributed by atoms with Crippen molar-refractivity contribution in [1.29, 1.82) is 0 Å². The van der Waals surface area contributed by atoms with Gasteiger partial charge < -0.3 is 29.7 Å². The lowest BCUT2D eigenvalue weighted by molar-refractivity contribution is -0.143. The summed E-state index contributed by atoms with van der Waals surface area (Å²) >= 11 is 0. The number of hydrogen-bond acceptors (Lipinski definition) is 8. The molecule has 3 heterocycles. The molecule has 2 atom stereocenters. The van der Waals surface area contributed by atoms with Crippen molar-refractivity contribution in [2.75, 3.05) is 62.2 Å². The minimum absolute atomic E-state index is 0.0444. The van der Waals surface area contributed by atoms with Crippen LogP contribution in [0.3, 0.4) is 0 Å². The number of fused-ring (bicyclic) bond motifs is 1. The first-order chi connectivity index (χ1) is 20.9. The number of carbonyl (C=O) groups is 3. The van der Waals surface area contributed by atoms with Crippen molar-refractivity contribution in [3.8, 4) is 5.69 Å². The highest BCUT2D eigenvalue weighted by molar-refractivity contribution is 5.94. The van der Waals surface area contributed by atoms with E-state index in [0.29, 0.717) is 58.0 Å². The molecule has 44 heavy (non-hydrogen) atoms. The summed E-state index contributed by atoms with van der Waals surface area (Å²) in [6.45, 7) is 6.41. The molecular weight excluding hydrogens is 580 g/mol. The van der Waals surface area contributed by atoms with Crippen molar-refractivity contribution in [3.63, 3.8) is 0 Å². The lowest BCUT2D eigenvalue weighted by Gasteiger charge is -2.38. The smallest absolute Gasteiger partial charge is 0.341 e. The van der Waals surface area contributed by atoms with Crippen molar-refractivity contribution in [2.45, 2.75) is 25.9 Å². The second-order valence-corrected chi connectivity index (χ2v) is 11.1. The van der Waals surface area contributed by atoms with Crippen LogP contribution in [0.5, 0.6) is 0 Å². The van der Waals surface area contributed by atoms with Crippen molar-refractivity contribution in [3.05, 3.63) is 63.9 Å². The number of aromatic nitrogens is 1. The number of pyridine rings is 1. The molecule has 12 nitrogen and oxygen atoms in total. The van der Waals surface area contributed by atoms with E-state index >= 15 is 8.78 Å². The van der Waals surface area contributed by atoms with E-state index in [1.807, 2.05) is 9.80 Å². The van der Waals surface area contributed by atoms with Crippen LogP contribution >= 0.6 is 0 Å². The monoisotopic (exact) mass is 613 g/mol. The summed E-state index contributed by atoms with van der Waals surface area (Å²) in [6, 6.07) is 5.43. The molecule has 1 aromatic heterocycles. The minimum Gasteiger partial charge on any atom is -0.480 e. The fraction of sp³-hybridized carbons (Fsp3) is 0.400. The van der Waals surface area contributed by atoms with Gasteiger partial charge in [-0.3, -0.25) is 24.2 Å². The van der Waals surface area contributed by atoms with Crippen LogP contribution in [0.15, 0.2) is 41.3 Å². The Balaban J connectivity index is 1.50. The molecule has 0 bridgehead atoms. The van der Waals surface area contributed by atoms with Crippen molar-refractivity contribution in [2.24, 2.45) is 0 Å². The number of aromatic carboxylic acids is 1. The van der Waals surface area contributed by atoms with Crippen LogP contribution in [-0.4, -0.2) is 112 Å². The summed E-state index contributed by atoms with van der Waals surface area (Å²) < 4.78 is 32.4. The quantitative estimate of drug-likeness (QED) is 0.344. The lowest BCUT2D eigenvalue weighted by atomic mass is 10.1. The van der Waals surface area contributed by atoms with Crippen molar-refractivity contribution in [1.82, 2.24) is 14.4 Å². The van der Waals surface area contributed by atoms with Gasteiger partial charge in [-0.15, -0.1) is 0 Å². The molecule has 2 aliphatic heterocycles. The summed E-state index contributed by atoms with van der Waals surface area (Å²) in [5.74, 6) is -4.87. The van der Waals surface area contributed by atoms with Crippen LogP contribution in [0.4, 0.5) is 20.2 Å². The number of piperazine rings is 2. The molecule has 5 rings (SSSR count). The van der Waals surface area contributed by atoms with Gasteiger partial charge in [0.1, 0.15) is 29.3 Å². The summed E-state index contributed by atoms with van der Waals surface area (Å²) in [5, 5.41) is 28.1. The van der Waals surface area contributed by atoms with Crippen LogP contribution < -0.4 is 15.2 Å². The van der Waals surface area contributed by atoms with E-state index < -0.39 is 52.6 Å². The highest BCUT2D eigenvalue weighted by Gasteiger charge is 2.28. The Hall–Kier alpha value is -4.56. The number of aliphatic carboxylic acids is 2. The van der Waals surface area contributed by atoms with Crippen molar-refractivity contribution < 1.29 is 38.5 Å². The van der Waals surface area contributed by atoms with Crippen LogP contribution in [-0.2, 0) is 9.59 Å². The SMILES string of the molecule is CC(C(=O)O)N1CCN(c2ccc(-n3cc(C(=O)O)c(=O)c4cc(F)c(N5CCN(C(C)C(=O)O)CC5)cc43)c(F)c2)CC1. The van der Waals surface area contributed by atoms with Gasteiger partial charge in [0, 0.05) is 69.6 Å². The second-order valence-electron chi connectivity index (χ2n) is 11.1. The number of benzene rings is 2. The van der Waals surface area contributed by atoms with E-state index in [1.165, 1.54) is 22.8 Å². The Labute approximate surface area is 250 Å². The van der Waals surface area contributed by atoms with E-state index in [4.69, 9.17) is 0 Å². The summed E-state index contributed by atoms with van der Waals surface area (Å²) in [4.78, 5) is 54.9. The molecule has 2 unspecified atom stereocenters. The van der Waals surface area contributed by atoms with Gasteiger partial charge in [0.15, 0.2) is 0 Å². The zero-order valence-electron chi connectivity index (χ0n) is 24.2. The number of halogens is 2. The third-order valence-corrected chi connectivity index (χ3v) is 8.64. The Bertz CT molecular complexity index is 1680. The number of carboxylic acids is 3. The maximum absolute atomic E-state index is 15.8.